The molecule has 7 nitrogen and oxygen atoms in total. The molecule has 174 valence electrons. The number of amides is 1. The number of hydrogen-bond acceptors (Lipinski definition) is 5. The minimum absolute atomic E-state index is 0.0164. The van der Waals surface area contributed by atoms with E-state index < -0.39 is 0 Å². The number of piperidine rings is 1. The Morgan fingerprint density at radius 1 is 1.18 bits per heavy atom. The van der Waals surface area contributed by atoms with Crippen molar-refractivity contribution in [3.05, 3.63) is 53.7 Å². The molecule has 1 unspecified atom stereocenters. The van der Waals surface area contributed by atoms with E-state index in [-0.39, 0.29) is 11.8 Å². The predicted molar refractivity (Wildman–Crippen MR) is 129 cm³/mol. The molecule has 3 aromatic rings. The lowest BCUT2D eigenvalue weighted by Gasteiger charge is -2.30. The van der Waals surface area contributed by atoms with Gasteiger partial charge in [0.2, 0.25) is 0 Å². The Balaban J connectivity index is 1.36. The summed E-state index contributed by atoms with van der Waals surface area (Å²) < 4.78 is 11.5. The average molecular weight is 449 g/mol. The number of nitrogens with zero attached hydrogens (tertiary/aromatic N) is 3. The second-order valence-electron chi connectivity index (χ2n) is 9.08. The summed E-state index contributed by atoms with van der Waals surface area (Å²) in [4.78, 5) is 18.0. The zero-order chi connectivity index (χ0) is 22.6. The molecule has 7 heteroatoms. The van der Waals surface area contributed by atoms with Gasteiger partial charge in [0, 0.05) is 43.2 Å². The number of aromatic amines is 1. The number of anilines is 1. The van der Waals surface area contributed by atoms with Crippen molar-refractivity contribution in [2.75, 3.05) is 51.4 Å². The number of benzene rings is 2. The molecule has 1 amide bonds. The van der Waals surface area contributed by atoms with E-state index in [9.17, 15) is 4.79 Å². The van der Waals surface area contributed by atoms with Crippen molar-refractivity contribution in [2.45, 2.75) is 25.7 Å². The molecule has 1 atom stereocenters. The maximum Gasteiger partial charge on any atom is 0.257 e. The molecule has 0 saturated carbocycles. The lowest BCUT2D eigenvalue weighted by molar-refractivity contribution is 0.0734. The van der Waals surface area contributed by atoms with E-state index in [1.165, 1.54) is 24.8 Å². The minimum Gasteiger partial charge on any atom is -0.496 e. The van der Waals surface area contributed by atoms with E-state index in [2.05, 4.69) is 27.2 Å². The van der Waals surface area contributed by atoms with E-state index >= 15 is 0 Å². The van der Waals surface area contributed by atoms with Crippen LogP contribution in [0.5, 0.6) is 5.75 Å². The summed E-state index contributed by atoms with van der Waals surface area (Å²) in [6.07, 6.45) is 6.39. The first kappa shape index (κ1) is 21.8. The van der Waals surface area contributed by atoms with Gasteiger partial charge in [-0.05, 0) is 55.5 Å². The first-order valence-electron chi connectivity index (χ1n) is 11.9. The van der Waals surface area contributed by atoms with Crippen molar-refractivity contribution in [3.8, 4) is 5.75 Å². The molecule has 5 rings (SSSR count). The normalized spacial score (nSPS) is 19.5. The van der Waals surface area contributed by atoms with Gasteiger partial charge in [0.15, 0.2) is 0 Å². The second kappa shape index (κ2) is 9.83. The third-order valence-corrected chi connectivity index (χ3v) is 6.84. The highest BCUT2D eigenvalue weighted by Crippen LogP contribution is 2.29. The Kier molecular flexibility index (Phi) is 6.48. The number of aromatic nitrogens is 2. The SMILES string of the molecule is COc1ccc(N2CCCCC2)cc1C(=O)N1CCOCC(Cc2cccc3[nH]ncc23)C1. The minimum atomic E-state index is 0.0164. The maximum absolute atomic E-state index is 13.7. The Morgan fingerprint density at radius 2 is 2.06 bits per heavy atom. The van der Waals surface area contributed by atoms with Crippen molar-refractivity contribution >= 4 is 22.5 Å². The van der Waals surface area contributed by atoms with E-state index in [0.29, 0.717) is 37.6 Å². The van der Waals surface area contributed by atoms with Crippen LogP contribution in [0, 0.1) is 5.92 Å². The van der Waals surface area contributed by atoms with Crippen molar-refractivity contribution in [1.82, 2.24) is 15.1 Å². The number of carbonyl (C=O) groups excluding carboxylic acids is 1. The molecule has 1 aromatic heterocycles. The number of H-pyrrole nitrogens is 1. The van der Waals surface area contributed by atoms with Crippen LogP contribution in [0.25, 0.3) is 10.9 Å². The van der Waals surface area contributed by atoms with Crippen LogP contribution in [0.4, 0.5) is 5.69 Å². The number of fused-ring (bicyclic) bond motifs is 1. The van der Waals surface area contributed by atoms with Gasteiger partial charge < -0.3 is 19.3 Å². The molecule has 0 radical (unpaired) electrons. The molecule has 2 saturated heterocycles. The Hall–Kier alpha value is -3.06. The highest BCUT2D eigenvalue weighted by atomic mass is 16.5. The fourth-order valence-corrected chi connectivity index (χ4v) is 5.09. The molecule has 3 heterocycles. The predicted octanol–water partition coefficient (Wildman–Crippen LogP) is 3.89. The fraction of sp³-hybridized carbons (Fsp3) is 0.462. The average Bonchev–Trinajstić information content (AvgIpc) is 3.23. The fourth-order valence-electron chi connectivity index (χ4n) is 5.09. The Morgan fingerprint density at radius 3 is 2.91 bits per heavy atom. The highest BCUT2D eigenvalue weighted by Gasteiger charge is 2.27. The monoisotopic (exact) mass is 448 g/mol. The number of hydrogen-bond donors (Lipinski definition) is 1. The molecule has 0 aliphatic carbocycles. The van der Waals surface area contributed by atoms with Crippen LogP contribution in [0.2, 0.25) is 0 Å². The van der Waals surface area contributed by atoms with Crippen LogP contribution < -0.4 is 9.64 Å². The number of carbonyl (C=O) groups is 1. The van der Waals surface area contributed by atoms with Gasteiger partial charge in [0.25, 0.3) is 5.91 Å². The summed E-state index contributed by atoms with van der Waals surface area (Å²) in [5, 5.41) is 8.36. The summed E-state index contributed by atoms with van der Waals surface area (Å²) in [7, 11) is 1.63. The number of ether oxygens (including phenoxy) is 2. The Labute approximate surface area is 194 Å². The molecule has 2 fully saturated rings. The summed E-state index contributed by atoms with van der Waals surface area (Å²) in [6, 6.07) is 12.2. The third kappa shape index (κ3) is 4.69. The second-order valence-corrected chi connectivity index (χ2v) is 9.08. The van der Waals surface area contributed by atoms with Crippen LogP contribution >= 0.6 is 0 Å². The highest BCUT2D eigenvalue weighted by molar-refractivity contribution is 5.98. The number of rotatable bonds is 5. The van der Waals surface area contributed by atoms with Crippen LogP contribution in [-0.4, -0.2) is 67.5 Å². The summed E-state index contributed by atoms with van der Waals surface area (Å²) in [5.41, 5.74) is 4.01. The van der Waals surface area contributed by atoms with Crippen molar-refractivity contribution in [3.63, 3.8) is 0 Å². The van der Waals surface area contributed by atoms with Gasteiger partial charge in [-0.3, -0.25) is 9.89 Å². The lowest BCUT2D eigenvalue weighted by Crippen LogP contribution is -2.37. The largest absolute Gasteiger partial charge is 0.496 e. The smallest absolute Gasteiger partial charge is 0.257 e. The zero-order valence-electron chi connectivity index (χ0n) is 19.3. The van der Waals surface area contributed by atoms with Gasteiger partial charge in [0.05, 0.1) is 37.6 Å². The van der Waals surface area contributed by atoms with Crippen LogP contribution in [0.1, 0.15) is 35.2 Å². The van der Waals surface area contributed by atoms with Gasteiger partial charge in [-0.15, -0.1) is 0 Å². The van der Waals surface area contributed by atoms with Gasteiger partial charge in [0.1, 0.15) is 5.75 Å². The topological polar surface area (TPSA) is 70.7 Å². The van der Waals surface area contributed by atoms with Crippen molar-refractivity contribution in [2.24, 2.45) is 5.92 Å². The Bertz CT molecular complexity index is 1110. The number of nitrogens with one attached hydrogen (secondary N) is 1. The van der Waals surface area contributed by atoms with E-state index in [4.69, 9.17) is 9.47 Å². The van der Waals surface area contributed by atoms with Gasteiger partial charge in [-0.1, -0.05) is 12.1 Å². The summed E-state index contributed by atoms with van der Waals surface area (Å²) >= 11 is 0. The summed E-state index contributed by atoms with van der Waals surface area (Å²) in [5.74, 6) is 0.863. The quantitative estimate of drug-likeness (QED) is 0.641. The van der Waals surface area contributed by atoms with E-state index in [1.807, 2.05) is 35.4 Å². The first-order valence-corrected chi connectivity index (χ1v) is 11.9. The summed E-state index contributed by atoms with van der Waals surface area (Å²) in [6.45, 7) is 4.51. The molecular weight excluding hydrogens is 416 g/mol. The molecule has 2 aliphatic rings. The maximum atomic E-state index is 13.7. The molecule has 1 N–H and O–H groups in total. The third-order valence-electron chi connectivity index (χ3n) is 6.84. The first-order chi connectivity index (χ1) is 16.2. The van der Waals surface area contributed by atoms with Gasteiger partial charge in [-0.2, -0.15) is 5.10 Å². The lowest BCUT2D eigenvalue weighted by atomic mass is 9.97. The zero-order valence-corrected chi connectivity index (χ0v) is 19.3. The van der Waals surface area contributed by atoms with Crippen LogP contribution in [0.15, 0.2) is 42.6 Å². The standard InChI is InChI=1S/C26H32N4O3/c1-32-25-9-8-21(29-10-3-2-4-11-29)15-22(25)26(31)30-12-13-33-18-19(17-30)14-20-6-5-7-24-23(20)16-27-28-24/h5-9,15-16,19H,2-4,10-14,17-18H2,1H3,(H,27,28). The van der Waals surface area contributed by atoms with Gasteiger partial charge >= 0.3 is 0 Å². The van der Waals surface area contributed by atoms with Crippen LogP contribution in [0.3, 0.4) is 0 Å². The van der Waals surface area contributed by atoms with Crippen molar-refractivity contribution < 1.29 is 14.3 Å². The molecule has 2 aliphatic heterocycles. The number of methoxy groups -OCH3 is 1. The molecule has 33 heavy (non-hydrogen) atoms. The molecule has 0 bridgehead atoms. The van der Waals surface area contributed by atoms with Crippen LogP contribution in [-0.2, 0) is 11.2 Å². The molecular formula is C26H32N4O3. The van der Waals surface area contributed by atoms with Gasteiger partial charge in [-0.25, -0.2) is 0 Å². The van der Waals surface area contributed by atoms with E-state index in [0.717, 1.165) is 36.1 Å². The van der Waals surface area contributed by atoms with E-state index in [1.54, 1.807) is 7.11 Å². The van der Waals surface area contributed by atoms with Crippen molar-refractivity contribution in [1.29, 1.82) is 0 Å². The molecule has 0 spiro atoms. The molecule has 2 aromatic carbocycles.